The number of hydrogen-bond acceptors (Lipinski definition) is 2. The number of anilines is 3. The zero-order chi connectivity index (χ0) is 18.5. The van der Waals surface area contributed by atoms with Gasteiger partial charge in [0.15, 0.2) is 0 Å². The maximum absolute atomic E-state index is 3.75. The van der Waals surface area contributed by atoms with Crippen LogP contribution in [0.4, 0.5) is 17.1 Å². The van der Waals surface area contributed by atoms with Crippen LogP contribution >= 0.6 is 27.3 Å². The van der Waals surface area contributed by atoms with E-state index in [1.54, 1.807) is 11.3 Å². The van der Waals surface area contributed by atoms with Crippen LogP contribution in [-0.2, 0) is 0 Å². The first-order valence-electron chi connectivity index (χ1n) is 8.71. The van der Waals surface area contributed by atoms with Crippen molar-refractivity contribution in [3.63, 3.8) is 0 Å². The number of nitrogens with zero attached hydrogens (tertiary/aromatic N) is 1. The molecule has 0 fully saturated rings. The Labute approximate surface area is 172 Å². The highest BCUT2D eigenvalue weighted by molar-refractivity contribution is 9.10. The molecule has 0 aliphatic rings. The molecule has 0 spiro atoms. The van der Waals surface area contributed by atoms with Gasteiger partial charge in [0.25, 0.3) is 0 Å². The first-order valence-corrected chi connectivity index (χ1v) is 10.4. The van der Waals surface area contributed by atoms with Crippen LogP contribution in [0, 0.1) is 0 Å². The summed E-state index contributed by atoms with van der Waals surface area (Å²) in [6, 6.07) is 29.5. The van der Waals surface area contributed by atoms with Crippen LogP contribution in [0.5, 0.6) is 0 Å². The van der Waals surface area contributed by atoms with E-state index in [9.17, 15) is 0 Å². The van der Waals surface area contributed by atoms with E-state index in [4.69, 9.17) is 0 Å². The van der Waals surface area contributed by atoms with Crippen LogP contribution in [0.15, 0.2) is 100 Å². The molecule has 27 heavy (non-hydrogen) atoms. The average molecular weight is 432 g/mol. The predicted molar refractivity (Wildman–Crippen MR) is 122 cm³/mol. The van der Waals surface area contributed by atoms with Gasteiger partial charge in [-0.15, -0.1) is 0 Å². The van der Waals surface area contributed by atoms with Gasteiger partial charge in [0.1, 0.15) is 0 Å². The van der Waals surface area contributed by atoms with Crippen LogP contribution in [0.3, 0.4) is 0 Å². The molecule has 1 nitrogen and oxygen atoms in total. The van der Waals surface area contributed by atoms with E-state index < -0.39 is 0 Å². The molecule has 0 aliphatic heterocycles. The maximum atomic E-state index is 3.75. The lowest BCUT2D eigenvalue weighted by molar-refractivity contribution is 1.28. The summed E-state index contributed by atoms with van der Waals surface area (Å²) in [6.45, 7) is 0. The summed E-state index contributed by atoms with van der Waals surface area (Å²) in [6.07, 6.45) is 4.29. The molecule has 0 radical (unpaired) electrons. The zero-order valence-corrected chi connectivity index (χ0v) is 17.0. The lowest BCUT2D eigenvalue weighted by Crippen LogP contribution is -2.09. The highest BCUT2D eigenvalue weighted by Gasteiger charge is 2.12. The second kappa shape index (κ2) is 8.38. The molecule has 0 saturated heterocycles. The van der Waals surface area contributed by atoms with E-state index in [0.29, 0.717) is 0 Å². The van der Waals surface area contributed by atoms with Crippen molar-refractivity contribution in [3.8, 4) is 0 Å². The van der Waals surface area contributed by atoms with Crippen molar-refractivity contribution in [1.82, 2.24) is 0 Å². The van der Waals surface area contributed by atoms with Gasteiger partial charge in [0.05, 0.1) is 0 Å². The van der Waals surface area contributed by atoms with Gasteiger partial charge in [-0.2, -0.15) is 11.3 Å². The Bertz CT molecular complexity index is 985. The topological polar surface area (TPSA) is 3.24 Å². The molecular formula is C24H18BrNS. The molecule has 0 aliphatic carbocycles. The highest BCUT2D eigenvalue weighted by atomic mass is 79.9. The van der Waals surface area contributed by atoms with E-state index >= 15 is 0 Å². The van der Waals surface area contributed by atoms with Crippen LogP contribution in [0.25, 0.3) is 12.2 Å². The Hall–Kier alpha value is -2.62. The van der Waals surface area contributed by atoms with Crippen molar-refractivity contribution in [1.29, 1.82) is 0 Å². The summed E-state index contributed by atoms with van der Waals surface area (Å²) in [7, 11) is 0. The van der Waals surface area contributed by atoms with Crippen molar-refractivity contribution in [2.45, 2.75) is 0 Å². The van der Waals surface area contributed by atoms with Gasteiger partial charge in [0.2, 0.25) is 0 Å². The lowest BCUT2D eigenvalue weighted by atomic mass is 10.1. The summed E-state index contributed by atoms with van der Waals surface area (Å²) in [5.41, 5.74) is 5.78. The molecule has 0 saturated carbocycles. The van der Waals surface area contributed by atoms with Crippen LogP contribution < -0.4 is 4.90 Å². The van der Waals surface area contributed by atoms with Crippen molar-refractivity contribution in [3.05, 3.63) is 111 Å². The third kappa shape index (κ3) is 4.21. The minimum atomic E-state index is 1.07. The SMILES string of the molecule is Brc1cc(N(c2ccccc2)c2ccccc2)ccc1C=Cc1ccsc1. The fraction of sp³-hybridized carbons (Fsp3) is 0. The smallest absolute Gasteiger partial charge is 0.0473 e. The van der Waals surface area contributed by atoms with Crippen molar-refractivity contribution >= 4 is 56.5 Å². The van der Waals surface area contributed by atoms with Gasteiger partial charge in [0, 0.05) is 21.5 Å². The molecule has 0 atom stereocenters. The molecule has 0 unspecified atom stereocenters. The number of rotatable bonds is 5. The normalized spacial score (nSPS) is 11.0. The number of benzene rings is 3. The second-order valence-corrected chi connectivity index (χ2v) is 7.74. The largest absolute Gasteiger partial charge is 0.310 e. The first-order chi connectivity index (χ1) is 13.3. The summed E-state index contributed by atoms with van der Waals surface area (Å²) in [4.78, 5) is 2.26. The molecule has 0 bridgehead atoms. The standard InChI is InChI=1S/C24H18BrNS/c25-24-17-23(14-13-20(24)12-11-19-15-16-27-18-19)26(21-7-3-1-4-8-21)22-9-5-2-6-10-22/h1-18H. The minimum absolute atomic E-state index is 1.07. The second-order valence-electron chi connectivity index (χ2n) is 6.10. The van der Waals surface area contributed by atoms with Crippen LogP contribution in [0.1, 0.15) is 11.1 Å². The predicted octanol–water partition coefficient (Wildman–Crippen LogP) is 8.15. The molecule has 3 heteroatoms. The zero-order valence-electron chi connectivity index (χ0n) is 14.6. The third-order valence-corrected chi connectivity index (χ3v) is 5.66. The number of thiophene rings is 1. The van der Waals surface area contributed by atoms with Gasteiger partial charge in [-0.1, -0.05) is 70.5 Å². The van der Waals surface area contributed by atoms with Gasteiger partial charge in [-0.3, -0.25) is 0 Å². The third-order valence-electron chi connectivity index (χ3n) is 4.27. The van der Waals surface area contributed by atoms with Gasteiger partial charge in [-0.25, -0.2) is 0 Å². The molecule has 0 amide bonds. The number of para-hydroxylation sites is 2. The summed E-state index contributed by atoms with van der Waals surface area (Å²) in [5.74, 6) is 0. The molecule has 4 rings (SSSR count). The van der Waals surface area contributed by atoms with E-state index in [1.165, 1.54) is 5.56 Å². The Kier molecular flexibility index (Phi) is 5.52. The van der Waals surface area contributed by atoms with E-state index in [0.717, 1.165) is 27.1 Å². The lowest BCUT2D eigenvalue weighted by Gasteiger charge is -2.25. The minimum Gasteiger partial charge on any atom is -0.310 e. The number of halogens is 1. The highest BCUT2D eigenvalue weighted by Crippen LogP contribution is 2.36. The molecular weight excluding hydrogens is 414 g/mol. The van der Waals surface area contributed by atoms with Crippen LogP contribution in [0.2, 0.25) is 0 Å². The van der Waals surface area contributed by atoms with E-state index in [1.807, 2.05) is 12.1 Å². The average Bonchev–Trinajstić information content (AvgIpc) is 3.23. The molecule has 0 N–H and O–H groups in total. The summed E-state index contributed by atoms with van der Waals surface area (Å²) >= 11 is 5.46. The fourth-order valence-electron chi connectivity index (χ4n) is 2.95. The number of hydrogen-bond donors (Lipinski definition) is 0. The van der Waals surface area contributed by atoms with Crippen molar-refractivity contribution in [2.75, 3.05) is 4.90 Å². The molecule has 132 valence electrons. The van der Waals surface area contributed by atoms with Crippen molar-refractivity contribution in [2.24, 2.45) is 0 Å². The Morgan fingerprint density at radius 2 is 1.37 bits per heavy atom. The Morgan fingerprint density at radius 1 is 0.704 bits per heavy atom. The van der Waals surface area contributed by atoms with E-state index in [2.05, 4.69) is 117 Å². The van der Waals surface area contributed by atoms with Crippen molar-refractivity contribution < 1.29 is 0 Å². The quantitative estimate of drug-likeness (QED) is 0.308. The molecule has 1 aromatic heterocycles. The molecule has 1 heterocycles. The first kappa shape index (κ1) is 17.8. The van der Waals surface area contributed by atoms with E-state index in [-0.39, 0.29) is 0 Å². The van der Waals surface area contributed by atoms with Gasteiger partial charge >= 0.3 is 0 Å². The monoisotopic (exact) mass is 431 g/mol. The Morgan fingerprint density at radius 3 is 1.93 bits per heavy atom. The van der Waals surface area contributed by atoms with Gasteiger partial charge in [-0.05, 0) is 64.4 Å². The maximum Gasteiger partial charge on any atom is 0.0473 e. The molecule has 4 aromatic rings. The fourth-order valence-corrected chi connectivity index (χ4v) is 4.07. The Balaban J connectivity index is 1.72. The van der Waals surface area contributed by atoms with Crippen LogP contribution in [-0.4, -0.2) is 0 Å². The summed E-state index contributed by atoms with van der Waals surface area (Å²) in [5, 5.41) is 4.24. The molecule has 3 aromatic carbocycles. The summed E-state index contributed by atoms with van der Waals surface area (Å²) < 4.78 is 1.07. The van der Waals surface area contributed by atoms with Gasteiger partial charge < -0.3 is 4.90 Å².